The fourth-order valence-corrected chi connectivity index (χ4v) is 2.42. The highest BCUT2D eigenvalue weighted by molar-refractivity contribution is 5.44. The van der Waals surface area contributed by atoms with E-state index in [1.807, 2.05) is 6.92 Å². The smallest absolute Gasteiger partial charge is 0.127 e. The minimum absolute atomic E-state index is 0.488. The molecule has 1 fully saturated rings. The van der Waals surface area contributed by atoms with E-state index in [4.69, 9.17) is 10.00 Å². The maximum absolute atomic E-state index is 8.89. The molecule has 0 aromatic carbocycles. The number of anilines is 1. The van der Waals surface area contributed by atoms with Crippen LogP contribution in [-0.4, -0.2) is 24.2 Å². The van der Waals surface area contributed by atoms with Crippen LogP contribution in [0.3, 0.4) is 0 Å². The van der Waals surface area contributed by atoms with Crippen LogP contribution in [0.25, 0.3) is 0 Å². The van der Waals surface area contributed by atoms with Crippen molar-refractivity contribution in [2.45, 2.75) is 45.1 Å². The molecular weight excluding hydrogens is 238 g/mol. The zero-order chi connectivity index (χ0) is 13.5. The quantitative estimate of drug-likeness (QED) is 0.798. The lowest BCUT2D eigenvalue weighted by atomic mass is 10.2. The molecule has 1 aliphatic carbocycles. The Bertz CT molecular complexity index is 447. The van der Waals surface area contributed by atoms with Gasteiger partial charge in [-0.15, -0.1) is 0 Å². The molecule has 2 rings (SSSR count). The van der Waals surface area contributed by atoms with Crippen LogP contribution in [0.2, 0.25) is 0 Å². The number of aryl methyl sites for hydroxylation is 1. The lowest BCUT2D eigenvalue weighted by molar-refractivity contribution is 0.0583. The molecule has 102 valence electrons. The lowest BCUT2D eigenvalue weighted by Crippen LogP contribution is -2.12. The van der Waals surface area contributed by atoms with Gasteiger partial charge in [0.25, 0.3) is 0 Å². The molecule has 1 heterocycles. The summed E-state index contributed by atoms with van der Waals surface area (Å²) in [5.41, 5.74) is 1.51. The normalized spacial score (nSPS) is 15.4. The number of aromatic nitrogens is 1. The molecule has 0 amide bonds. The molecule has 0 bridgehead atoms. The highest BCUT2D eigenvalue weighted by atomic mass is 16.5. The zero-order valence-corrected chi connectivity index (χ0v) is 11.5. The summed E-state index contributed by atoms with van der Waals surface area (Å²) in [4.78, 5) is 4.35. The highest BCUT2D eigenvalue weighted by Gasteiger charge is 2.14. The van der Waals surface area contributed by atoms with Gasteiger partial charge >= 0.3 is 0 Å². The first-order valence-corrected chi connectivity index (χ1v) is 7.02. The van der Waals surface area contributed by atoms with Crippen molar-refractivity contribution in [3.8, 4) is 6.07 Å². The Morgan fingerprint density at radius 1 is 1.42 bits per heavy atom. The summed E-state index contributed by atoms with van der Waals surface area (Å²) in [6.45, 7) is 3.53. The van der Waals surface area contributed by atoms with Gasteiger partial charge in [-0.05, 0) is 38.3 Å². The molecule has 1 aromatic heterocycles. The number of nitrogens with zero attached hydrogens (tertiary/aromatic N) is 2. The number of nitrogens with one attached hydrogen (secondary N) is 1. The standard InChI is InChI=1S/C15H21N3O/c1-12-9-13(11-16)10-15(18-12)17-7-4-8-19-14-5-2-3-6-14/h9-10,14H,2-8H2,1H3,(H,17,18). The van der Waals surface area contributed by atoms with Gasteiger partial charge < -0.3 is 10.1 Å². The summed E-state index contributed by atoms with van der Waals surface area (Å²) in [5, 5.41) is 12.1. The van der Waals surface area contributed by atoms with Crippen molar-refractivity contribution in [2.24, 2.45) is 0 Å². The Morgan fingerprint density at radius 2 is 2.21 bits per heavy atom. The summed E-state index contributed by atoms with van der Waals surface area (Å²) < 4.78 is 5.80. The molecule has 0 atom stereocenters. The van der Waals surface area contributed by atoms with Crippen LogP contribution in [0.15, 0.2) is 12.1 Å². The summed E-state index contributed by atoms with van der Waals surface area (Å²) in [5.74, 6) is 0.775. The van der Waals surface area contributed by atoms with Crippen molar-refractivity contribution in [1.29, 1.82) is 5.26 Å². The Balaban J connectivity index is 1.67. The minimum Gasteiger partial charge on any atom is -0.378 e. The van der Waals surface area contributed by atoms with E-state index in [2.05, 4.69) is 16.4 Å². The average molecular weight is 259 g/mol. The largest absolute Gasteiger partial charge is 0.378 e. The van der Waals surface area contributed by atoms with Crippen LogP contribution in [0.1, 0.15) is 43.4 Å². The van der Waals surface area contributed by atoms with Gasteiger partial charge in [-0.2, -0.15) is 5.26 Å². The van der Waals surface area contributed by atoms with E-state index in [-0.39, 0.29) is 0 Å². The van der Waals surface area contributed by atoms with Crippen LogP contribution in [0.5, 0.6) is 0 Å². The third-order valence-electron chi connectivity index (χ3n) is 3.37. The van der Waals surface area contributed by atoms with Crippen LogP contribution in [-0.2, 0) is 4.74 Å². The topological polar surface area (TPSA) is 57.9 Å². The number of hydrogen-bond donors (Lipinski definition) is 1. The van der Waals surface area contributed by atoms with Gasteiger partial charge in [0.15, 0.2) is 0 Å². The fraction of sp³-hybridized carbons (Fsp3) is 0.600. The molecular formula is C15H21N3O. The van der Waals surface area contributed by atoms with E-state index in [0.717, 1.165) is 31.1 Å². The van der Waals surface area contributed by atoms with E-state index in [9.17, 15) is 0 Å². The summed E-state index contributed by atoms with van der Waals surface area (Å²) in [6.07, 6.45) is 6.52. The van der Waals surface area contributed by atoms with Gasteiger partial charge in [0.05, 0.1) is 17.7 Å². The number of ether oxygens (including phenoxy) is 1. The summed E-state index contributed by atoms with van der Waals surface area (Å²) >= 11 is 0. The Hall–Kier alpha value is -1.60. The van der Waals surface area contributed by atoms with Crippen molar-refractivity contribution in [2.75, 3.05) is 18.5 Å². The van der Waals surface area contributed by atoms with Crippen molar-refractivity contribution in [1.82, 2.24) is 4.98 Å². The Kier molecular flexibility index (Phi) is 5.17. The SMILES string of the molecule is Cc1cc(C#N)cc(NCCCOC2CCCC2)n1. The fourth-order valence-electron chi connectivity index (χ4n) is 2.42. The molecule has 19 heavy (non-hydrogen) atoms. The van der Waals surface area contributed by atoms with Gasteiger partial charge in [-0.1, -0.05) is 12.8 Å². The number of pyridine rings is 1. The lowest BCUT2D eigenvalue weighted by Gasteiger charge is -2.11. The van der Waals surface area contributed by atoms with Gasteiger partial charge in [0, 0.05) is 18.8 Å². The van der Waals surface area contributed by atoms with Gasteiger partial charge in [0.2, 0.25) is 0 Å². The van der Waals surface area contributed by atoms with Crippen LogP contribution >= 0.6 is 0 Å². The molecule has 1 aliphatic rings. The highest BCUT2D eigenvalue weighted by Crippen LogP contribution is 2.20. The van der Waals surface area contributed by atoms with Gasteiger partial charge in [-0.25, -0.2) is 4.98 Å². The van der Waals surface area contributed by atoms with Crippen LogP contribution < -0.4 is 5.32 Å². The predicted octanol–water partition coefficient (Wildman–Crippen LogP) is 3.02. The second-order valence-corrected chi connectivity index (χ2v) is 5.05. The van der Waals surface area contributed by atoms with E-state index in [0.29, 0.717) is 11.7 Å². The first-order chi connectivity index (χ1) is 9.28. The third kappa shape index (κ3) is 4.53. The maximum Gasteiger partial charge on any atom is 0.127 e. The Labute approximate surface area is 114 Å². The van der Waals surface area contributed by atoms with E-state index in [1.54, 1.807) is 12.1 Å². The molecule has 0 radical (unpaired) electrons. The summed E-state index contributed by atoms with van der Waals surface area (Å²) in [7, 11) is 0. The first-order valence-electron chi connectivity index (χ1n) is 7.02. The molecule has 1 saturated carbocycles. The van der Waals surface area contributed by atoms with Crippen molar-refractivity contribution >= 4 is 5.82 Å². The number of nitriles is 1. The average Bonchev–Trinajstić information content (AvgIpc) is 2.91. The molecule has 4 heteroatoms. The van der Waals surface area contributed by atoms with E-state index >= 15 is 0 Å². The minimum atomic E-state index is 0.488. The monoisotopic (exact) mass is 259 g/mol. The van der Waals surface area contributed by atoms with E-state index in [1.165, 1.54) is 25.7 Å². The first kappa shape index (κ1) is 13.8. The van der Waals surface area contributed by atoms with Gasteiger partial charge in [-0.3, -0.25) is 0 Å². The van der Waals surface area contributed by atoms with Crippen LogP contribution in [0.4, 0.5) is 5.82 Å². The second kappa shape index (κ2) is 7.10. The number of rotatable bonds is 6. The molecule has 0 unspecified atom stereocenters. The molecule has 0 spiro atoms. The zero-order valence-electron chi connectivity index (χ0n) is 11.5. The third-order valence-corrected chi connectivity index (χ3v) is 3.37. The molecule has 4 nitrogen and oxygen atoms in total. The van der Waals surface area contributed by atoms with Crippen molar-refractivity contribution in [3.05, 3.63) is 23.4 Å². The van der Waals surface area contributed by atoms with Crippen molar-refractivity contribution < 1.29 is 4.74 Å². The molecule has 1 N–H and O–H groups in total. The molecule has 1 aromatic rings. The Morgan fingerprint density at radius 3 is 2.95 bits per heavy atom. The van der Waals surface area contributed by atoms with Crippen molar-refractivity contribution in [3.63, 3.8) is 0 Å². The van der Waals surface area contributed by atoms with E-state index < -0.39 is 0 Å². The molecule has 0 aliphatic heterocycles. The van der Waals surface area contributed by atoms with Crippen LogP contribution in [0, 0.1) is 18.3 Å². The predicted molar refractivity (Wildman–Crippen MR) is 75.0 cm³/mol. The second-order valence-electron chi connectivity index (χ2n) is 5.05. The number of hydrogen-bond acceptors (Lipinski definition) is 4. The maximum atomic E-state index is 8.89. The van der Waals surface area contributed by atoms with Gasteiger partial charge in [0.1, 0.15) is 5.82 Å². The molecule has 0 saturated heterocycles. The summed E-state index contributed by atoms with van der Waals surface area (Å²) in [6, 6.07) is 5.71.